The Balaban J connectivity index is 0. The third-order valence-electron chi connectivity index (χ3n) is 1.10. The molecule has 0 saturated carbocycles. The van der Waals surface area contributed by atoms with Crippen molar-refractivity contribution in [2.24, 2.45) is 0 Å². The molecule has 0 bridgehead atoms. The van der Waals surface area contributed by atoms with Crippen molar-refractivity contribution in [1.82, 2.24) is 0 Å². The molecule has 0 fully saturated rings. The molecule has 0 aliphatic heterocycles. The zero-order valence-corrected chi connectivity index (χ0v) is 8.45. The molecule has 0 saturated heterocycles. The summed E-state index contributed by atoms with van der Waals surface area (Å²) in [7, 11) is 0. The Morgan fingerprint density at radius 1 is 0.647 bits per heavy atom. The van der Waals surface area contributed by atoms with Crippen molar-refractivity contribution in [3.05, 3.63) is 0 Å². The Morgan fingerprint density at radius 3 is 1.12 bits per heavy atom. The van der Waals surface area contributed by atoms with Gasteiger partial charge in [-0.2, -0.15) is 0 Å². The molecule has 0 amide bonds. The highest BCUT2D eigenvalue weighted by molar-refractivity contribution is 6.35. The van der Waals surface area contributed by atoms with E-state index in [1.165, 1.54) is 0 Å². The molecule has 0 aromatic heterocycles. The monoisotopic (exact) mass is 250 g/mol. The van der Waals surface area contributed by atoms with Gasteiger partial charge < -0.3 is 20.4 Å². The van der Waals surface area contributed by atoms with Crippen molar-refractivity contribution < 1.29 is 44.4 Å². The lowest BCUT2D eigenvalue weighted by atomic mass is 10.3. The summed E-state index contributed by atoms with van der Waals surface area (Å²) in [6.45, 7) is 0. The van der Waals surface area contributed by atoms with Crippen LogP contribution in [0.3, 0.4) is 0 Å². The van der Waals surface area contributed by atoms with E-state index in [0.29, 0.717) is 0 Å². The number of ketones is 1. The van der Waals surface area contributed by atoms with Gasteiger partial charge in [-0.05, 0) is 0 Å². The van der Waals surface area contributed by atoms with E-state index in [4.69, 9.17) is 20.4 Å². The quantitative estimate of drug-likeness (QED) is 0.343. The van der Waals surface area contributed by atoms with Gasteiger partial charge in [-0.15, -0.1) is 0 Å². The summed E-state index contributed by atoms with van der Waals surface area (Å²) in [5.74, 6) is -6.60. The highest BCUT2D eigenvalue weighted by Gasteiger charge is 2.14. The van der Waals surface area contributed by atoms with Gasteiger partial charge in [-0.3, -0.25) is 19.2 Å². The second-order valence-corrected chi connectivity index (χ2v) is 2.59. The second-order valence-electron chi connectivity index (χ2n) is 2.59. The number of hydrogen-bond donors (Lipinski definition) is 4. The van der Waals surface area contributed by atoms with Gasteiger partial charge in [0, 0.05) is 0 Å². The summed E-state index contributed by atoms with van der Waals surface area (Å²) in [5.41, 5.74) is 0. The summed E-state index contributed by atoms with van der Waals surface area (Å²) in [5, 5.41) is 31.5. The minimum atomic E-state index is -1.71. The lowest BCUT2D eigenvalue weighted by Crippen LogP contribution is -2.16. The number of rotatable bonds is 6. The fourth-order valence-electron chi connectivity index (χ4n) is 0.427. The lowest BCUT2D eigenvalue weighted by molar-refractivity contribution is -0.152. The third kappa shape index (κ3) is 16.2. The van der Waals surface area contributed by atoms with Crippen molar-refractivity contribution in [2.45, 2.75) is 19.3 Å². The lowest BCUT2D eigenvalue weighted by Gasteiger charge is -1.85. The SMILES string of the molecule is O=C(O)CC(=O)C(=O)O.O=C(O)CCC(=O)O. The molecule has 0 rings (SSSR count). The van der Waals surface area contributed by atoms with Crippen molar-refractivity contribution in [3.63, 3.8) is 0 Å². The summed E-state index contributed by atoms with van der Waals surface area (Å²) < 4.78 is 0. The molecule has 0 unspecified atom stereocenters. The molecular formula is C8H10O9. The minimum Gasteiger partial charge on any atom is -0.481 e. The van der Waals surface area contributed by atoms with E-state index in [0.717, 1.165) is 0 Å². The van der Waals surface area contributed by atoms with Crippen molar-refractivity contribution in [1.29, 1.82) is 0 Å². The fourth-order valence-corrected chi connectivity index (χ4v) is 0.427. The Bertz CT molecular complexity index is 316. The molecule has 96 valence electrons. The van der Waals surface area contributed by atoms with E-state index in [1.54, 1.807) is 0 Å². The molecule has 0 spiro atoms. The molecule has 17 heavy (non-hydrogen) atoms. The van der Waals surface area contributed by atoms with E-state index in [-0.39, 0.29) is 12.8 Å². The standard InChI is InChI=1S/C4H4O5.C4H6O4/c5-2(4(8)9)1-3(6)7;5-3(6)1-2-4(7)8/h1H2,(H,6,7)(H,8,9);1-2H2,(H,5,6)(H,7,8). The zero-order chi connectivity index (χ0) is 14.0. The highest BCUT2D eigenvalue weighted by atomic mass is 16.4. The average molecular weight is 250 g/mol. The van der Waals surface area contributed by atoms with Gasteiger partial charge in [-0.25, -0.2) is 4.79 Å². The summed E-state index contributed by atoms with van der Waals surface area (Å²) >= 11 is 0. The maximum atomic E-state index is 9.97. The molecule has 0 aromatic carbocycles. The first-order chi connectivity index (χ1) is 7.66. The van der Waals surface area contributed by atoms with E-state index in [2.05, 4.69) is 0 Å². The van der Waals surface area contributed by atoms with Crippen LogP contribution < -0.4 is 0 Å². The Labute approximate surface area is 94.3 Å². The number of aliphatic carboxylic acids is 4. The predicted molar refractivity (Wildman–Crippen MR) is 49.4 cm³/mol. The third-order valence-corrected chi connectivity index (χ3v) is 1.10. The molecule has 4 N–H and O–H groups in total. The van der Waals surface area contributed by atoms with Gasteiger partial charge >= 0.3 is 23.9 Å². The van der Waals surface area contributed by atoms with Gasteiger partial charge in [-0.1, -0.05) is 0 Å². The van der Waals surface area contributed by atoms with Crippen LogP contribution >= 0.6 is 0 Å². The van der Waals surface area contributed by atoms with E-state index in [1.807, 2.05) is 0 Å². The predicted octanol–water partition coefficient (Wildman–Crippen LogP) is -0.949. The summed E-state index contributed by atoms with van der Waals surface area (Å²) in [4.78, 5) is 48.5. The number of carbonyl (C=O) groups excluding carboxylic acids is 1. The smallest absolute Gasteiger partial charge is 0.372 e. The number of Topliss-reactive ketones (excluding diaryl/α,β-unsaturated/α-hetero) is 1. The molecule has 0 radical (unpaired) electrons. The number of hydrogen-bond acceptors (Lipinski definition) is 5. The van der Waals surface area contributed by atoms with Crippen LogP contribution in [0.15, 0.2) is 0 Å². The minimum absolute atomic E-state index is 0.296. The van der Waals surface area contributed by atoms with Crippen LogP contribution in [0, 0.1) is 0 Å². The van der Waals surface area contributed by atoms with Gasteiger partial charge in [0.2, 0.25) is 0 Å². The Kier molecular flexibility index (Phi) is 8.81. The molecule has 0 heterocycles. The topological polar surface area (TPSA) is 166 Å². The van der Waals surface area contributed by atoms with Crippen LogP contribution in [0.4, 0.5) is 0 Å². The fraction of sp³-hybridized carbons (Fsp3) is 0.375. The molecule has 0 atom stereocenters. The maximum Gasteiger partial charge on any atom is 0.372 e. The first kappa shape index (κ1) is 17.0. The molecule has 9 heteroatoms. The Morgan fingerprint density at radius 2 is 1.00 bits per heavy atom. The largest absolute Gasteiger partial charge is 0.481 e. The van der Waals surface area contributed by atoms with Crippen molar-refractivity contribution in [3.8, 4) is 0 Å². The van der Waals surface area contributed by atoms with Crippen LogP contribution in [0.5, 0.6) is 0 Å². The number of carboxylic acid groups (broad SMARTS) is 4. The van der Waals surface area contributed by atoms with Gasteiger partial charge in [0.1, 0.15) is 6.42 Å². The number of carboxylic acids is 4. The first-order valence-corrected chi connectivity index (χ1v) is 4.08. The molecule has 0 aromatic rings. The van der Waals surface area contributed by atoms with E-state index in [9.17, 15) is 24.0 Å². The zero-order valence-electron chi connectivity index (χ0n) is 8.45. The van der Waals surface area contributed by atoms with E-state index < -0.39 is 36.1 Å². The van der Waals surface area contributed by atoms with Gasteiger partial charge in [0.15, 0.2) is 0 Å². The van der Waals surface area contributed by atoms with Crippen LogP contribution in [-0.4, -0.2) is 50.1 Å². The van der Waals surface area contributed by atoms with Crippen LogP contribution in [-0.2, 0) is 24.0 Å². The van der Waals surface area contributed by atoms with Crippen LogP contribution in [0.1, 0.15) is 19.3 Å². The van der Waals surface area contributed by atoms with Crippen molar-refractivity contribution in [2.75, 3.05) is 0 Å². The normalized spacial score (nSPS) is 8.47. The van der Waals surface area contributed by atoms with Gasteiger partial charge in [0.25, 0.3) is 5.78 Å². The van der Waals surface area contributed by atoms with E-state index >= 15 is 0 Å². The highest BCUT2D eigenvalue weighted by Crippen LogP contribution is 1.86. The number of carbonyl (C=O) groups is 5. The first-order valence-electron chi connectivity index (χ1n) is 4.08. The molecule has 9 nitrogen and oxygen atoms in total. The molecule has 0 aliphatic carbocycles. The second kappa shape index (κ2) is 8.83. The summed E-state index contributed by atoms with van der Waals surface area (Å²) in [6.07, 6.45) is -1.54. The van der Waals surface area contributed by atoms with Crippen LogP contribution in [0.2, 0.25) is 0 Å². The molecular weight excluding hydrogens is 240 g/mol. The van der Waals surface area contributed by atoms with Crippen molar-refractivity contribution >= 4 is 29.7 Å². The molecule has 0 aliphatic rings. The van der Waals surface area contributed by atoms with Gasteiger partial charge in [0.05, 0.1) is 12.8 Å². The summed E-state index contributed by atoms with van der Waals surface area (Å²) in [6, 6.07) is 0. The Hall–Kier alpha value is -2.45. The maximum absolute atomic E-state index is 9.97. The van der Waals surface area contributed by atoms with Crippen LogP contribution in [0.25, 0.3) is 0 Å². The average Bonchev–Trinajstić information content (AvgIpc) is 2.14.